The molecule has 2 saturated carbocycles. The third-order valence-corrected chi connectivity index (χ3v) is 5.02. The monoisotopic (exact) mass is 276 g/mol. The SMILES string of the molecule is Cc1cc([N+](=O)[O-])ccc1OC1CC(N)C12CCCC2. The molecular weight excluding hydrogens is 256 g/mol. The number of benzene rings is 1. The summed E-state index contributed by atoms with van der Waals surface area (Å²) >= 11 is 0. The van der Waals surface area contributed by atoms with Crippen LogP contribution in [-0.2, 0) is 0 Å². The number of rotatable bonds is 3. The molecule has 5 nitrogen and oxygen atoms in total. The molecule has 20 heavy (non-hydrogen) atoms. The highest BCUT2D eigenvalue weighted by Gasteiger charge is 2.56. The number of ether oxygens (including phenoxy) is 1. The molecule has 2 N–H and O–H groups in total. The summed E-state index contributed by atoms with van der Waals surface area (Å²) in [7, 11) is 0. The molecule has 1 spiro atoms. The van der Waals surface area contributed by atoms with Crippen molar-refractivity contribution in [2.75, 3.05) is 0 Å². The lowest BCUT2D eigenvalue weighted by Crippen LogP contribution is -2.62. The third kappa shape index (κ3) is 1.97. The van der Waals surface area contributed by atoms with Crippen LogP contribution in [0.25, 0.3) is 0 Å². The summed E-state index contributed by atoms with van der Waals surface area (Å²) in [6.07, 6.45) is 5.80. The van der Waals surface area contributed by atoms with Crippen molar-refractivity contribution in [3.05, 3.63) is 33.9 Å². The highest BCUT2D eigenvalue weighted by Crippen LogP contribution is 2.53. The molecule has 5 heteroatoms. The van der Waals surface area contributed by atoms with Crippen molar-refractivity contribution in [2.24, 2.45) is 11.1 Å². The van der Waals surface area contributed by atoms with E-state index in [0.29, 0.717) is 0 Å². The minimum atomic E-state index is -0.380. The highest BCUT2D eigenvalue weighted by molar-refractivity contribution is 5.43. The van der Waals surface area contributed by atoms with Crippen molar-refractivity contribution in [1.29, 1.82) is 0 Å². The Balaban J connectivity index is 1.77. The Morgan fingerprint density at radius 3 is 2.65 bits per heavy atom. The van der Waals surface area contributed by atoms with Crippen molar-refractivity contribution in [1.82, 2.24) is 0 Å². The molecule has 0 amide bonds. The summed E-state index contributed by atoms with van der Waals surface area (Å²) in [5.74, 6) is 0.749. The van der Waals surface area contributed by atoms with Crippen LogP contribution >= 0.6 is 0 Å². The number of nitro groups is 1. The topological polar surface area (TPSA) is 78.4 Å². The van der Waals surface area contributed by atoms with Gasteiger partial charge in [0.25, 0.3) is 5.69 Å². The maximum Gasteiger partial charge on any atom is 0.269 e. The van der Waals surface area contributed by atoms with E-state index >= 15 is 0 Å². The molecule has 0 saturated heterocycles. The van der Waals surface area contributed by atoms with Gasteiger partial charge in [-0.05, 0) is 31.4 Å². The predicted molar refractivity (Wildman–Crippen MR) is 75.7 cm³/mol. The lowest BCUT2D eigenvalue weighted by Gasteiger charge is -2.52. The average molecular weight is 276 g/mol. The van der Waals surface area contributed by atoms with Crippen LogP contribution < -0.4 is 10.5 Å². The fraction of sp³-hybridized carbons (Fsp3) is 0.600. The van der Waals surface area contributed by atoms with Gasteiger partial charge in [0.2, 0.25) is 0 Å². The first-order valence-corrected chi connectivity index (χ1v) is 7.20. The van der Waals surface area contributed by atoms with Crippen molar-refractivity contribution in [2.45, 2.75) is 51.2 Å². The second kappa shape index (κ2) is 4.74. The summed E-state index contributed by atoms with van der Waals surface area (Å²) in [4.78, 5) is 10.4. The second-order valence-corrected chi connectivity index (χ2v) is 6.10. The summed E-state index contributed by atoms with van der Waals surface area (Å²) in [6.45, 7) is 1.85. The number of nitrogens with zero attached hydrogens (tertiary/aromatic N) is 1. The van der Waals surface area contributed by atoms with Crippen LogP contribution in [-0.4, -0.2) is 17.1 Å². The zero-order valence-electron chi connectivity index (χ0n) is 11.7. The lowest BCUT2D eigenvalue weighted by molar-refractivity contribution is -0.384. The molecule has 1 aromatic rings. The van der Waals surface area contributed by atoms with E-state index in [9.17, 15) is 10.1 Å². The third-order valence-electron chi connectivity index (χ3n) is 5.02. The van der Waals surface area contributed by atoms with E-state index in [0.717, 1.165) is 30.6 Å². The van der Waals surface area contributed by atoms with Gasteiger partial charge in [-0.3, -0.25) is 10.1 Å². The lowest BCUT2D eigenvalue weighted by atomic mass is 9.61. The molecule has 108 valence electrons. The van der Waals surface area contributed by atoms with Gasteiger partial charge in [0.05, 0.1) is 4.92 Å². The smallest absolute Gasteiger partial charge is 0.269 e. The molecule has 0 heterocycles. The average Bonchev–Trinajstić information content (AvgIpc) is 2.92. The maximum atomic E-state index is 10.7. The fourth-order valence-electron chi connectivity index (χ4n) is 3.70. The van der Waals surface area contributed by atoms with Crippen LogP contribution in [0.4, 0.5) is 5.69 Å². The Bertz CT molecular complexity index is 538. The maximum absolute atomic E-state index is 10.7. The fourth-order valence-corrected chi connectivity index (χ4v) is 3.70. The largest absolute Gasteiger partial charge is 0.489 e. The summed E-state index contributed by atoms with van der Waals surface area (Å²) in [5.41, 5.74) is 7.26. The van der Waals surface area contributed by atoms with Gasteiger partial charge in [0, 0.05) is 30.0 Å². The van der Waals surface area contributed by atoms with Gasteiger partial charge < -0.3 is 10.5 Å². The molecule has 2 unspecified atom stereocenters. The predicted octanol–water partition coefficient (Wildman–Crippen LogP) is 2.94. The van der Waals surface area contributed by atoms with Gasteiger partial charge in [0.15, 0.2) is 0 Å². The first kappa shape index (κ1) is 13.4. The van der Waals surface area contributed by atoms with Gasteiger partial charge in [-0.2, -0.15) is 0 Å². The standard InChI is InChI=1S/C15H20N2O3/c1-10-8-11(17(18)19)4-5-12(10)20-14-9-13(16)15(14)6-2-3-7-15/h4-5,8,13-14H,2-3,6-7,9,16H2,1H3. The molecular formula is C15H20N2O3. The zero-order chi connectivity index (χ0) is 14.3. The van der Waals surface area contributed by atoms with Crippen LogP contribution in [0.15, 0.2) is 18.2 Å². The first-order valence-electron chi connectivity index (χ1n) is 7.20. The Morgan fingerprint density at radius 2 is 2.10 bits per heavy atom. The van der Waals surface area contributed by atoms with Crippen LogP contribution in [0.5, 0.6) is 5.75 Å². The molecule has 3 rings (SSSR count). The number of nitrogens with two attached hydrogens (primary N) is 1. The van der Waals surface area contributed by atoms with E-state index in [1.54, 1.807) is 12.1 Å². The Morgan fingerprint density at radius 1 is 1.40 bits per heavy atom. The van der Waals surface area contributed by atoms with Crippen LogP contribution in [0.1, 0.15) is 37.7 Å². The van der Waals surface area contributed by atoms with E-state index in [2.05, 4.69) is 0 Å². The van der Waals surface area contributed by atoms with E-state index in [1.807, 2.05) is 6.92 Å². The normalized spacial score (nSPS) is 27.3. The van der Waals surface area contributed by atoms with Gasteiger partial charge in [0.1, 0.15) is 11.9 Å². The Hall–Kier alpha value is -1.62. The molecule has 0 aliphatic heterocycles. The molecule has 0 bridgehead atoms. The Kier molecular flexibility index (Phi) is 3.17. The molecule has 0 radical (unpaired) electrons. The molecule has 2 fully saturated rings. The van der Waals surface area contributed by atoms with Crippen molar-refractivity contribution >= 4 is 5.69 Å². The highest BCUT2D eigenvalue weighted by atomic mass is 16.6. The van der Waals surface area contributed by atoms with Gasteiger partial charge in [-0.25, -0.2) is 0 Å². The van der Waals surface area contributed by atoms with Gasteiger partial charge >= 0.3 is 0 Å². The molecule has 1 aromatic carbocycles. The van der Waals surface area contributed by atoms with Gasteiger partial charge in [-0.1, -0.05) is 12.8 Å². The van der Waals surface area contributed by atoms with Gasteiger partial charge in [-0.15, -0.1) is 0 Å². The van der Waals surface area contributed by atoms with Crippen molar-refractivity contribution in [3.63, 3.8) is 0 Å². The minimum absolute atomic E-state index is 0.107. The molecule has 2 atom stereocenters. The number of hydrogen-bond donors (Lipinski definition) is 1. The van der Waals surface area contributed by atoms with Crippen LogP contribution in [0, 0.1) is 22.5 Å². The molecule has 2 aliphatic rings. The Labute approximate surface area is 118 Å². The quantitative estimate of drug-likeness (QED) is 0.680. The summed E-state index contributed by atoms with van der Waals surface area (Å²) in [5, 5.41) is 10.7. The van der Waals surface area contributed by atoms with E-state index in [-0.39, 0.29) is 28.2 Å². The van der Waals surface area contributed by atoms with E-state index < -0.39 is 0 Å². The molecule has 2 aliphatic carbocycles. The minimum Gasteiger partial charge on any atom is -0.489 e. The number of non-ortho nitro benzene ring substituents is 1. The van der Waals surface area contributed by atoms with Crippen molar-refractivity contribution in [3.8, 4) is 5.75 Å². The number of nitro benzene ring substituents is 1. The van der Waals surface area contributed by atoms with Crippen LogP contribution in [0.3, 0.4) is 0 Å². The van der Waals surface area contributed by atoms with E-state index in [1.165, 1.54) is 18.9 Å². The first-order chi connectivity index (χ1) is 9.53. The number of aryl methyl sites for hydroxylation is 1. The summed E-state index contributed by atoms with van der Waals surface area (Å²) < 4.78 is 6.12. The molecule has 0 aromatic heterocycles. The summed E-state index contributed by atoms with van der Waals surface area (Å²) in [6, 6.07) is 5.02. The van der Waals surface area contributed by atoms with Crippen LogP contribution in [0.2, 0.25) is 0 Å². The number of hydrogen-bond acceptors (Lipinski definition) is 4. The van der Waals surface area contributed by atoms with E-state index in [4.69, 9.17) is 10.5 Å². The van der Waals surface area contributed by atoms with Crippen molar-refractivity contribution < 1.29 is 9.66 Å². The zero-order valence-corrected chi connectivity index (χ0v) is 11.7. The second-order valence-electron chi connectivity index (χ2n) is 6.10.